The first-order valence-electron chi connectivity index (χ1n) is 3.60. The molecule has 1 aromatic heterocycles. The third-order valence-corrected chi connectivity index (χ3v) is 1.82. The minimum Gasteiger partial charge on any atom is -0.289 e. The Labute approximate surface area is 70.8 Å². The summed E-state index contributed by atoms with van der Waals surface area (Å²) in [5.74, 6) is 4.63. The van der Waals surface area contributed by atoms with Crippen LogP contribution >= 0.6 is 0 Å². The van der Waals surface area contributed by atoms with E-state index in [0.29, 0.717) is 5.69 Å². The Bertz CT molecular complexity index is 309. The summed E-state index contributed by atoms with van der Waals surface area (Å²) in [6, 6.07) is 1.85. The highest BCUT2D eigenvalue weighted by Crippen LogP contribution is 2.08. The van der Waals surface area contributed by atoms with Crippen molar-refractivity contribution in [3.05, 3.63) is 29.1 Å². The topological polar surface area (TPSA) is 68.0 Å². The number of nitrogen functional groups attached to an aromatic ring is 1. The van der Waals surface area contributed by atoms with Crippen LogP contribution in [-0.4, -0.2) is 10.9 Å². The van der Waals surface area contributed by atoms with Gasteiger partial charge >= 0.3 is 0 Å². The van der Waals surface area contributed by atoms with E-state index >= 15 is 0 Å². The molecule has 0 unspecified atom stereocenters. The molecule has 0 spiro atoms. The van der Waals surface area contributed by atoms with E-state index in [2.05, 4.69) is 4.98 Å². The van der Waals surface area contributed by atoms with E-state index in [4.69, 9.17) is 5.84 Å². The molecule has 1 heterocycles. The van der Waals surface area contributed by atoms with Crippen molar-refractivity contribution < 1.29 is 4.79 Å². The summed E-state index contributed by atoms with van der Waals surface area (Å²) >= 11 is 0. The van der Waals surface area contributed by atoms with Crippen LogP contribution in [-0.2, 0) is 0 Å². The number of nitrogens with one attached hydrogen (secondary N) is 1. The van der Waals surface area contributed by atoms with Crippen molar-refractivity contribution in [3.8, 4) is 0 Å². The molecule has 4 heteroatoms. The second-order valence-electron chi connectivity index (χ2n) is 2.57. The van der Waals surface area contributed by atoms with Crippen molar-refractivity contribution in [2.75, 3.05) is 0 Å². The molecule has 3 N–H and O–H groups in total. The van der Waals surface area contributed by atoms with Gasteiger partial charge in [-0.3, -0.25) is 15.2 Å². The molecule has 64 valence electrons. The zero-order valence-electron chi connectivity index (χ0n) is 7.09. The molecular formula is C8H11N3O. The van der Waals surface area contributed by atoms with E-state index in [-0.39, 0.29) is 5.91 Å². The van der Waals surface area contributed by atoms with Crippen LogP contribution in [0.15, 0.2) is 12.3 Å². The number of pyridine rings is 1. The van der Waals surface area contributed by atoms with Gasteiger partial charge in [0.25, 0.3) is 5.91 Å². The number of rotatable bonds is 1. The Morgan fingerprint density at radius 3 is 2.83 bits per heavy atom. The number of aromatic nitrogens is 1. The van der Waals surface area contributed by atoms with Crippen molar-refractivity contribution in [1.29, 1.82) is 0 Å². The number of nitrogens with two attached hydrogens (primary N) is 1. The van der Waals surface area contributed by atoms with E-state index in [1.165, 1.54) is 0 Å². The molecule has 0 atom stereocenters. The highest BCUT2D eigenvalue weighted by atomic mass is 16.2. The van der Waals surface area contributed by atoms with Crippen LogP contribution in [0.2, 0.25) is 0 Å². The van der Waals surface area contributed by atoms with Crippen LogP contribution in [0.5, 0.6) is 0 Å². The van der Waals surface area contributed by atoms with Gasteiger partial charge in [0.05, 0.1) is 0 Å². The van der Waals surface area contributed by atoms with Crippen molar-refractivity contribution in [2.45, 2.75) is 13.8 Å². The summed E-state index contributed by atoms with van der Waals surface area (Å²) in [6.45, 7) is 3.76. The van der Waals surface area contributed by atoms with E-state index in [0.717, 1.165) is 11.1 Å². The lowest BCUT2D eigenvalue weighted by Crippen LogP contribution is -2.31. The third-order valence-electron chi connectivity index (χ3n) is 1.82. The van der Waals surface area contributed by atoms with Gasteiger partial charge in [-0.15, -0.1) is 0 Å². The van der Waals surface area contributed by atoms with Crippen molar-refractivity contribution in [3.63, 3.8) is 0 Å². The van der Waals surface area contributed by atoms with Crippen LogP contribution in [0.25, 0.3) is 0 Å². The van der Waals surface area contributed by atoms with E-state index in [1.54, 1.807) is 6.20 Å². The molecule has 0 aliphatic heterocycles. The molecule has 4 nitrogen and oxygen atoms in total. The summed E-state index contributed by atoms with van der Waals surface area (Å²) in [5.41, 5.74) is 4.33. The molecule has 0 fully saturated rings. The first-order chi connectivity index (χ1) is 5.66. The number of carbonyl (C=O) groups is 1. The molecule has 1 amide bonds. The summed E-state index contributed by atoms with van der Waals surface area (Å²) < 4.78 is 0. The lowest BCUT2D eigenvalue weighted by atomic mass is 10.1. The number of hydrazine groups is 1. The SMILES string of the molecule is Cc1ccnc(C(=O)NN)c1C. The van der Waals surface area contributed by atoms with Crippen LogP contribution in [0.1, 0.15) is 21.6 Å². The van der Waals surface area contributed by atoms with Gasteiger partial charge in [-0.05, 0) is 31.0 Å². The molecule has 12 heavy (non-hydrogen) atoms. The first-order valence-corrected chi connectivity index (χ1v) is 3.60. The molecule has 0 saturated heterocycles. The van der Waals surface area contributed by atoms with Gasteiger partial charge in [0.2, 0.25) is 0 Å². The fraction of sp³-hybridized carbons (Fsp3) is 0.250. The van der Waals surface area contributed by atoms with E-state index < -0.39 is 0 Å². The predicted molar refractivity (Wildman–Crippen MR) is 45.4 cm³/mol. The quantitative estimate of drug-likeness (QED) is 0.357. The maximum atomic E-state index is 11.1. The fourth-order valence-electron chi connectivity index (χ4n) is 0.929. The number of carbonyl (C=O) groups excluding carboxylic acids is 1. The number of aryl methyl sites for hydroxylation is 1. The Balaban J connectivity index is 3.16. The average Bonchev–Trinajstić information content (AvgIpc) is 2.08. The Hall–Kier alpha value is -1.42. The minimum absolute atomic E-state index is 0.351. The standard InChI is InChI=1S/C8H11N3O/c1-5-3-4-10-7(6(5)2)8(12)11-9/h3-4H,9H2,1-2H3,(H,11,12). The number of hydrogen-bond donors (Lipinski definition) is 2. The zero-order valence-corrected chi connectivity index (χ0v) is 7.09. The molecule has 0 aliphatic carbocycles. The normalized spacial score (nSPS) is 9.58. The van der Waals surface area contributed by atoms with Gasteiger partial charge in [-0.25, -0.2) is 5.84 Å². The second-order valence-corrected chi connectivity index (χ2v) is 2.57. The molecule has 0 radical (unpaired) electrons. The van der Waals surface area contributed by atoms with E-state index in [1.807, 2.05) is 25.3 Å². The Morgan fingerprint density at radius 1 is 1.58 bits per heavy atom. The van der Waals surface area contributed by atoms with Crippen LogP contribution in [0, 0.1) is 13.8 Å². The third kappa shape index (κ3) is 1.43. The van der Waals surface area contributed by atoms with Gasteiger partial charge in [0.1, 0.15) is 5.69 Å². The lowest BCUT2D eigenvalue weighted by Gasteiger charge is -2.04. The van der Waals surface area contributed by atoms with E-state index in [9.17, 15) is 4.79 Å². The maximum Gasteiger partial charge on any atom is 0.284 e. The highest BCUT2D eigenvalue weighted by Gasteiger charge is 2.09. The molecular weight excluding hydrogens is 154 g/mol. The smallest absolute Gasteiger partial charge is 0.284 e. The average molecular weight is 165 g/mol. The van der Waals surface area contributed by atoms with Crippen molar-refractivity contribution >= 4 is 5.91 Å². The number of hydrogen-bond acceptors (Lipinski definition) is 3. The summed E-state index contributed by atoms with van der Waals surface area (Å²) in [6.07, 6.45) is 1.59. The molecule has 0 aromatic carbocycles. The summed E-state index contributed by atoms with van der Waals surface area (Å²) in [5, 5.41) is 0. The van der Waals surface area contributed by atoms with Gasteiger partial charge in [-0.1, -0.05) is 0 Å². The van der Waals surface area contributed by atoms with Crippen LogP contribution in [0.4, 0.5) is 0 Å². The minimum atomic E-state index is -0.351. The molecule has 1 rings (SSSR count). The number of amides is 1. The second kappa shape index (κ2) is 3.32. The molecule has 1 aromatic rings. The van der Waals surface area contributed by atoms with Crippen LogP contribution in [0.3, 0.4) is 0 Å². The molecule has 0 bridgehead atoms. The number of nitrogens with zero attached hydrogens (tertiary/aromatic N) is 1. The molecule has 0 aliphatic rings. The summed E-state index contributed by atoms with van der Waals surface area (Å²) in [4.78, 5) is 15.0. The van der Waals surface area contributed by atoms with Crippen LogP contribution < -0.4 is 11.3 Å². The van der Waals surface area contributed by atoms with Gasteiger partial charge in [0.15, 0.2) is 0 Å². The highest BCUT2D eigenvalue weighted by molar-refractivity contribution is 5.93. The summed E-state index contributed by atoms with van der Waals surface area (Å²) in [7, 11) is 0. The largest absolute Gasteiger partial charge is 0.289 e. The van der Waals surface area contributed by atoms with Gasteiger partial charge < -0.3 is 0 Å². The first kappa shape index (κ1) is 8.67. The maximum absolute atomic E-state index is 11.1. The van der Waals surface area contributed by atoms with Crippen molar-refractivity contribution in [2.24, 2.45) is 5.84 Å². The van der Waals surface area contributed by atoms with Gasteiger partial charge in [-0.2, -0.15) is 0 Å². The molecule has 0 saturated carbocycles. The lowest BCUT2D eigenvalue weighted by molar-refractivity contribution is 0.0948. The fourth-order valence-corrected chi connectivity index (χ4v) is 0.929. The van der Waals surface area contributed by atoms with Crippen molar-refractivity contribution in [1.82, 2.24) is 10.4 Å². The Kier molecular flexibility index (Phi) is 2.40. The van der Waals surface area contributed by atoms with Gasteiger partial charge in [0, 0.05) is 6.20 Å². The predicted octanol–water partition coefficient (Wildman–Crippen LogP) is 0.302. The Morgan fingerprint density at radius 2 is 2.25 bits per heavy atom. The monoisotopic (exact) mass is 165 g/mol. The zero-order chi connectivity index (χ0) is 9.14.